The first-order valence-corrected chi connectivity index (χ1v) is 10.3. The van der Waals surface area contributed by atoms with E-state index in [0.29, 0.717) is 5.56 Å². The molecule has 0 bridgehead atoms. The molecule has 1 aromatic heterocycles. The van der Waals surface area contributed by atoms with Gasteiger partial charge in [-0.05, 0) is 64.9 Å². The molecular weight excluding hydrogens is 404 g/mol. The topological polar surface area (TPSA) is 98.0 Å². The molecule has 7 nitrogen and oxygen atoms in total. The van der Waals surface area contributed by atoms with Gasteiger partial charge >= 0.3 is 16.0 Å². The van der Waals surface area contributed by atoms with Crippen LogP contribution in [0, 0.1) is 0 Å². The van der Waals surface area contributed by atoms with Crippen LogP contribution in [0.5, 0.6) is 5.75 Å². The molecule has 0 saturated heterocycles. The highest BCUT2D eigenvalue weighted by Crippen LogP contribution is 2.22. The maximum atomic E-state index is 12.6. The fourth-order valence-electron chi connectivity index (χ4n) is 2.74. The Hall–Kier alpha value is -3.91. The summed E-state index contributed by atoms with van der Waals surface area (Å²) in [6.07, 6.45) is 2.81. The minimum atomic E-state index is -3.97. The molecule has 1 N–H and O–H groups in total. The van der Waals surface area contributed by atoms with Crippen LogP contribution in [0.1, 0.15) is 16.1 Å². The molecule has 30 heavy (non-hydrogen) atoms. The van der Waals surface area contributed by atoms with Gasteiger partial charge in [-0.3, -0.25) is 4.79 Å². The molecule has 0 aliphatic carbocycles. The van der Waals surface area contributed by atoms with E-state index in [1.165, 1.54) is 36.7 Å². The molecule has 1 heterocycles. The van der Waals surface area contributed by atoms with E-state index in [1.54, 1.807) is 30.3 Å². The first-order valence-electron chi connectivity index (χ1n) is 8.91. The zero-order valence-corrected chi connectivity index (χ0v) is 16.4. The van der Waals surface area contributed by atoms with Crippen molar-refractivity contribution in [3.63, 3.8) is 0 Å². The summed E-state index contributed by atoms with van der Waals surface area (Å²) in [5.74, 6) is -0.160. The highest BCUT2D eigenvalue weighted by atomic mass is 32.2. The lowest BCUT2D eigenvalue weighted by atomic mass is 10.1. The van der Waals surface area contributed by atoms with Gasteiger partial charge in [0.05, 0.1) is 12.5 Å². The van der Waals surface area contributed by atoms with E-state index in [-0.39, 0.29) is 16.4 Å². The molecule has 0 saturated carbocycles. The van der Waals surface area contributed by atoms with Gasteiger partial charge in [0.1, 0.15) is 10.6 Å². The molecule has 4 rings (SSSR count). The lowest BCUT2D eigenvalue weighted by Crippen LogP contribution is -2.16. The second-order valence-corrected chi connectivity index (χ2v) is 7.84. The number of nitrogens with zero attached hydrogens (tertiary/aromatic N) is 1. The van der Waals surface area contributed by atoms with Crippen molar-refractivity contribution in [3.8, 4) is 5.75 Å². The Morgan fingerprint density at radius 1 is 0.933 bits per heavy atom. The third-order valence-electron chi connectivity index (χ3n) is 4.22. The first kappa shape index (κ1) is 19.4. The number of fused-ring (bicyclic) bond motifs is 1. The number of nitrogens with one attached hydrogen (secondary N) is 1. The quantitative estimate of drug-likeness (QED) is 0.289. The van der Waals surface area contributed by atoms with Crippen LogP contribution in [-0.2, 0) is 10.1 Å². The number of carbonyl (C=O) groups excluding carboxylic acids is 1. The van der Waals surface area contributed by atoms with Gasteiger partial charge in [0.15, 0.2) is 5.76 Å². The molecule has 0 fully saturated rings. The Morgan fingerprint density at radius 3 is 2.43 bits per heavy atom. The minimum absolute atomic E-state index is 0.0764. The predicted octanol–water partition coefficient (Wildman–Crippen LogP) is 3.96. The first-order chi connectivity index (χ1) is 14.5. The fourth-order valence-corrected chi connectivity index (χ4v) is 3.70. The minimum Gasteiger partial charge on any atom is -0.459 e. The SMILES string of the molecule is O=C(N/N=C\c1ccc(OS(=O)(=O)c2ccc3ccccc3c2)cc1)c1ccco1. The Labute approximate surface area is 172 Å². The monoisotopic (exact) mass is 420 g/mol. The predicted molar refractivity (Wildman–Crippen MR) is 112 cm³/mol. The second kappa shape index (κ2) is 8.22. The number of hydrogen-bond donors (Lipinski definition) is 1. The summed E-state index contributed by atoms with van der Waals surface area (Å²) in [4.78, 5) is 11.8. The molecular formula is C22H16N2O5S. The smallest absolute Gasteiger partial charge is 0.339 e. The Morgan fingerprint density at radius 2 is 1.70 bits per heavy atom. The molecule has 0 spiro atoms. The van der Waals surface area contributed by atoms with Crippen molar-refractivity contribution in [2.45, 2.75) is 4.90 Å². The van der Waals surface area contributed by atoms with Crippen LogP contribution in [0.2, 0.25) is 0 Å². The highest BCUT2D eigenvalue weighted by Gasteiger charge is 2.17. The molecule has 0 atom stereocenters. The summed E-state index contributed by atoms with van der Waals surface area (Å²) in [5, 5.41) is 5.59. The van der Waals surface area contributed by atoms with Crippen molar-refractivity contribution in [2.75, 3.05) is 0 Å². The average molecular weight is 420 g/mol. The van der Waals surface area contributed by atoms with Crippen molar-refractivity contribution >= 4 is 33.0 Å². The molecule has 8 heteroatoms. The lowest BCUT2D eigenvalue weighted by molar-refractivity contribution is 0.0927. The van der Waals surface area contributed by atoms with E-state index >= 15 is 0 Å². The molecule has 3 aromatic carbocycles. The Bertz CT molecular complexity index is 1310. The zero-order valence-electron chi connectivity index (χ0n) is 15.6. The number of benzene rings is 3. The summed E-state index contributed by atoms with van der Waals surface area (Å²) in [6.45, 7) is 0. The van der Waals surface area contributed by atoms with Crippen LogP contribution in [0.4, 0.5) is 0 Å². The van der Waals surface area contributed by atoms with E-state index in [2.05, 4.69) is 10.5 Å². The third-order valence-corrected chi connectivity index (χ3v) is 5.46. The number of hydrazone groups is 1. The molecule has 150 valence electrons. The molecule has 0 aliphatic rings. The Balaban J connectivity index is 1.43. The lowest BCUT2D eigenvalue weighted by Gasteiger charge is -2.08. The van der Waals surface area contributed by atoms with Crippen molar-refractivity contribution in [1.82, 2.24) is 5.43 Å². The molecule has 0 aliphatic heterocycles. The van der Waals surface area contributed by atoms with Crippen molar-refractivity contribution in [3.05, 3.63) is 96.4 Å². The summed E-state index contributed by atoms with van der Waals surface area (Å²) >= 11 is 0. The van der Waals surface area contributed by atoms with Crippen molar-refractivity contribution < 1.29 is 21.8 Å². The van der Waals surface area contributed by atoms with Gasteiger partial charge in [0.2, 0.25) is 0 Å². The number of furan rings is 1. The van der Waals surface area contributed by atoms with Crippen LogP contribution in [0.25, 0.3) is 10.8 Å². The molecule has 0 radical (unpaired) electrons. The fraction of sp³-hybridized carbons (Fsp3) is 0. The Kier molecular flexibility index (Phi) is 5.32. The number of carbonyl (C=O) groups is 1. The molecule has 4 aromatic rings. The van der Waals surface area contributed by atoms with Crippen LogP contribution in [0.3, 0.4) is 0 Å². The van der Waals surface area contributed by atoms with Gasteiger partial charge in [0.25, 0.3) is 0 Å². The van der Waals surface area contributed by atoms with E-state index in [9.17, 15) is 13.2 Å². The van der Waals surface area contributed by atoms with Crippen LogP contribution in [0.15, 0.2) is 99.5 Å². The van der Waals surface area contributed by atoms with Gasteiger partial charge in [0, 0.05) is 0 Å². The average Bonchev–Trinajstić information content (AvgIpc) is 3.29. The maximum absolute atomic E-state index is 12.6. The second-order valence-electron chi connectivity index (χ2n) is 6.29. The van der Waals surface area contributed by atoms with Gasteiger partial charge in [-0.1, -0.05) is 30.3 Å². The van der Waals surface area contributed by atoms with Gasteiger partial charge in [-0.2, -0.15) is 13.5 Å². The van der Waals surface area contributed by atoms with Crippen molar-refractivity contribution in [1.29, 1.82) is 0 Å². The molecule has 1 amide bonds. The normalized spacial score (nSPS) is 11.6. The van der Waals surface area contributed by atoms with Crippen LogP contribution in [-0.4, -0.2) is 20.5 Å². The summed E-state index contributed by atoms with van der Waals surface area (Å²) in [6, 6.07) is 21.7. The third kappa shape index (κ3) is 4.39. The maximum Gasteiger partial charge on any atom is 0.339 e. The number of hydrogen-bond acceptors (Lipinski definition) is 6. The van der Waals surface area contributed by atoms with Gasteiger partial charge in [-0.15, -0.1) is 0 Å². The standard InChI is InChI=1S/C22H16N2O5S/c25-22(21-6-3-13-28-21)24-23-15-16-7-10-19(11-8-16)29-30(26,27)20-12-9-17-4-1-2-5-18(17)14-20/h1-15H,(H,24,25)/b23-15-. The molecule has 0 unspecified atom stereocenters. The van der Waals surface area contributed by atoms with Gasteiger partial charge < -0.3 is 8.60 Å². The van der Waals surface area contributed by atoms with E-state index < -0.39 is 16.0 Å². The summed E-state index contributed by atoms with van der Waals surface area (Å²) < 4.78 is 35.4. The van der Waals surface area contributed by atoms with Crippen LogP contribution >= 0.6 is 0 Å². The van der Waals surface area contributed by atoms with E-state index in [1.807, 2.05) is 24.3 Å². The van der Waals surface area contributed by atoms with Crippen molar-refractivity contribution in [2.24, 2.45) is 5.10 Å². The largest absolute Gasteiger partial charge is 0.459 e. The summed E-state index contributed by atoms with van der Waals surface area (Å²) in [5.41, 5.74) is 2.98. The van der Waals surface area contributed by atoms with E-state index in [0.717, 1.165) is 10.8 Å². The number of rotatable bonds is 6. The summed E-state index contributed by atoms with van der Waals surface area (Å²) in [7, 11) is -3.97. The zero-order chi connectivity index (χ0) is 21.0. The van der Waals surface area contributed by atoms with Crippen LogP contribution < -0.4 is 9.61 Å². The number of amides is 1. The van der Waals surface area contributed by atoms with E-state index in [4.69, 9.17) is 8.60 Å². The highest BCUT2D eigenvalue weighted by molar-refractivity contribution is 7.87. The van der Waals surface area contributed by atoms with Gasteiger partial charge in [-0.25, -0.2) is 5.43 Å².